The van der Waals surface area contributed by atoms with Crippen LogP contribution in [0.5, 0.6) is 5.75 Å². The molecule has 3 N–H and O–H groups in total. The molecule has 0 unspecified atom stereocenters. The molecule has 2 aromatic carbocycles. The molecule has 130 valence electrons. The summed E-state index contributed by atoms with van der Waals surface area (Å²) < 4.78 is 22.7. The third-order valence-corrected chi connectivity index (χ3v) is 2.97. The number of carbonyl (C=O) groups is 3. The quantitative estimate of drug-likeness (QED) is 0.739. The normalized spacial score (nSPS) is 9.96. The zero-order valence-corrected chi connectivity index (χ0v) is 13.0. The molecule has 0 aliphatic carbocycles. The maximum Gasteiger partial charge on any atom is 0.344 e. The van der Waals surface area contributed by atoms with E-state index in [0.717, 1.165) is 6.07 Å². The first-order valence-electron chi connectivity index (χ1n) is 7.18. The van der Waals surface area contributed by atoms with Crippen LogP contribution in [0.4, 0.5) is 10.1 Å². The second kappa shape index (κ2) is 8.44. The topological polar surface area (TPSA) is 108 Å². The number of carbonyl (C=O) groups excluding carboxylic acids is 3. The van der Waals surface area contributed by atoms with E-state index in [2.05, 4.69) is 5.32 Å². The van der Waals surface area contributed by atoms with Gasteiger partial charge in [0.05, 0.1) is 0 Å². The number of amides is 2. The van der Waals surface area contributed by atoms with Crippen LogP contribution < -0.4 is 15.8 Å². The molecule has 0 radical (unpaired) electrons. The number of benzene rings is 2. The number of ether oxygens (including phenoxy) is 2. The van der Waals surface area contributed by atoms with Crippen molar-refractivity contribution in [3.63, 3.8) is 0 Å². The molecule has 0 aliphatic heterocycles. The van der Waals surface area contributed by atoms with E-state index in [1.54, 1.807) is 0 Å². The number of nitrogens with two attached hydrogens (primary N) is 1. The summed E-state index contributed by atoms with van der Waals surface area (Å²) in [6.07, 6.45) is 0. The highest BCUT2D eigenvalue weighted by molar-refractivity contribution is 5.95. The number of rotatable bonds is 7. The van der Waals surface area contributed by atoms with Gasteiger partial charge in [0.2, 0.25) is 5.91 Å². The summed E-state index contributed by atoms with van der Waals surface area (Å²) in [4.78, 5) is 34.1. The fourth-order valence-corrected chi connectivity index (χ4v) is 1.80. The number of hydrogen-bond donors (Lipinski definition) is 2. The number of esters is 1. The van der Waals surface area contributed by atoms with Gasteiger partial charge in [0.1, 0.15) is 11.6 Å². The van der Waals surface area contributed by atoms with E-state index in [-0.39, 0.29) is 5.75 Å². The predicted molar refractivity (Wildman–Crippen MR) is 86.4 cm³/mol. The first-order valence-corrected chi connectivity index (χ1v) is 7.18. The number of primary amides is 1. The number of hydrogen-bond acceptors (Lipinski definition) is 5. The van der Waals surface area contributed by atoms with Crippen LogP contribution in [0, 0.1) is 5.82 Å². The summed E-state index contributed by atoms with van der Waals surface area (Å²) >= 11 is 0. The van der Waals surface area contributed by atoms with Crippen LogP contribution in [0.3, 0.4) is 0 Å². The van der Waals surface area contributed by atoms with Crippen molar-refractivity contribution in [2.75, 3.05) is 18.5 Å². The third-order valence-electron chi connectivity index (χ3n) is 2.97. The van der Waals surface area contributed by atoms with E-state index < -0.39 is 36.8 Å². The first kappa shape index (κ1) is 17.9. The number of anilines is 1. The molecule has 0 saturated heterocycles. The lowest BCUT2D eigenvalue weighted by Gasteiger charge is -2.08. The van der Waals surface area contributed by atoms with Gasteiger partial charge in [-0.1, -0.05) is 6.07 Å². The minimum Gasteiger partial charge on any atom is -0.482 e. The molecule has 7 nitrogen and oxygen atoms in total. The van der Waals surface area contributed by atoms with Crippen molar-refractivity contribution in [2.24, 2.45) is 5.73 Å². The zero-order chi connectivity index (χ0) is 18.2. The lowest BCUT2D eigenvalue weighted by molar-refractivity contribution is -0.149. The van der Waals surface area contributed by atoms with Crippen LogP contribution in [-0.2, 0) is 14.3 Å². The Balaban J connectivity index is 1.73. The van der Waals surface area contributed by atoms with Gasteiger partial charge in [-0.25, -0.2) is 9.18 Å². The van der Waals surface area contributed by atoms with E-state index in [1.807, 2.05) is 0 Å². The van der Waals surface area contributed by atoms with Crippen LogP contribution in [-0.4, -0.2) is 31.0 Å². The smallest absolute Gasteiger partial charge is 0.344 e. The van der Waals surface area contributed by atoms with Gasteiger partial charge >= 0.3 is 5.97 Å². The Morgan fingerprint density at radius 3 is 2.40 bits per heavy atom. The van der Waals surface area contributed by atoms with Gasteiger partial charge in [-0.15, -0.1) is 0 Å². The Hall–Kier alpha value is -3.42. The molecular weight excluding hydrogens is 331 g/mol. The average Bonchev–Trinajstić information content (AvgIpc) is 2.58. The van der Waals surface area contributed by atoms with Crippen molar-refractivity contribution in [2.45, 2.75) is 0 Å². The molecule has 2 aromatic rings. The Morgan fingerprint density at radius 1 is 1.04 bits per heavy atom. The zero-order valence-electron chi connectivity index (χ0n) is 13.0. The van der Waals surface area contributed by atoms with E-state index in [0.29, 0.717) is 11.3 Å². The van der Waals surface area contributed by atoms with Crippen molar-refractivity contribution in [3.05, 3.63) is 59.9 Å². The van der Waals surface area contributed by atoms with E-state index in [4.69, 9.17) is 15.2 Å². The molecule has 0 atom stereocenters. The number of halogens is 1. The Morgan fingerprint density at radius 2 is 1.76 bits per heavy atom. The third kappa shape index (κ3) is 5.94. The first-order chi connectivity index (χ1) is 11.9. The SMILES string of the molecule is NC(=O)c1ccc(NC(=O)COC(=O)COc2cccc(F)c2)cc1. The molecule has 2 rings (SSSR count). The van der Waals surface area contributed by atoms with Gasteiger partial charge in [0, 0.05) is 17.3 Å². The molecule has 0 aliphatic rings. The molecular formula is C17H15FN2O5. The molecule has 25 heavy (non-hydrogen) atoms. The van der Waals surface area contributed by atoms with Crippen molar-refractivity contribution in [1.29, 1.82) is 0 Å². The highest BCUT2D eigenvalue weighted by atomic mass is 19.1. The maximum absolute atomic E-state index is 12.9. The van der Waals surface area contributed by atoms with E-state index in [9.17, 15) is 18.8 Å². The molecule has 0 aromatic heterocycles. The summed E-state index contributed by atoms with van der Waals surface area (Å²) in [5, 5.41) is 2.49. The summed E-state index contributed by atoms with van der Waals surface area (Å²) in [6, 6.07) is 11.2. The van der Waals surface area contributed by atoms with E-state index in [1.165, 1.54) is 42.5 Å². The minimum atomic E-state index is -0.775. The predicted octanol–water partition coefficient (Wildman–Crippen LogP) is 1.49. The molecule has 0 bridgehead atoms. The second-order valence-corrected chi connectivity index (χ2v) is 4.90. The average molecular weight is 346 g/mol. The van der Waals surface area contributed by atoms with Gasteiger partial charge in [0.15, 0.2) is 13.2 Å². The molecule has 0 heterocycles. The van der Waals surface area contributed by atoms with Gasteiger partial charge in [-0.3, -0.25) is 9.59 Å². The van der Waals surface area contributed by atoms with Crippen molar-refractivity contribution in [3.8, 4) is 5.75 Å². The Labute approximate surface area is 142 Å². The molecule has 2 amide bonds. The number of nitrogens with one attached hydrogen (secondary N) is 1. The molecule has 0 spiro atoms. The molecule has 8 heteroatoms. The van der Waals surface area contributed by atoms with Crippen LogP contribution in [0.15, 0.2) is 48.5 Å². The largest absolute Gasteiger partial charge is 0.482 e. The second-order valence-electron chi connectivity index (χ2n) is 4.90. The van der Waals surface area contributed by atoms with Crippen LogP contribution in [0.25, 0.3) is 0 Å². The highest BCUT2D eigenvalue weighted by Crippen LogP contribution is 2.12. The van der Waals surface area contributed by atoms with Gasteiger partial charge in [-0.2, -0.15) is 0 Å². The van der Waals surface area contributed by atoms with E-state index >= 15 is 0 Å². The lowest BCUT2D eigenvalue weighted by Crippen LogP contribution is -2.23. The fourth-order valence-electron chi connectivity index (χ4n) is 1.80. The monoisotopic (exact) mass is 346 g/mol. The highest BCUT2D eigenvalue weighted by Gasteiger charge is 2.09. The van der Waals surface area contributed by atoms with Gasteiger partial charge < -0.3 is 20.5 Å². The van der Waals surface area contributed by atoms with Crippen molar-refractivity contribution >= 4 is 23.5 Å². The fraction of sp³-hybridized carbons (Fsp3) is 0.118. The lowest BCUT2D eigenvalue weighted by atomic mass is 10.2. The minimum absolute atomic E-state index is 0.177. The maximum atomic E-state index is 12.9. The summed E-state index contributed by atoms with van der Waals surface area (Å²) in [5.74, 6) is -2.23. The summed E-state index contributed by atoms with van der Waals surface area (Å²) in [6.45, 7) is -0.965. The van der Waals surface area contributed by atoms with Crippen molar-refractivity contribution < 1.29 is 28.2 Å². The van der Waals surface area contributed by atoms with Gasteiger partial charge in [-0.05, 0) is 36.4 Å². The standard InChI is InChI=1S/C17H15FN2O5/c18-12-2-1-3-14(8-12)24-10-16(22)25-9-15(21)20-13-6-4-11(5-7-13)17(19)23/h1-8H,9-10H2,(H2,19,23)(H,20,21). The van der Waals surface area contributed by atoms with Gasteiger partial charge in [0.25, 0.3) is 5.91 Å². The Bertz CT molecular complexity index is 777. The van der Waals surface area contributed by atoms with Crippen LogP contribution >= 0.6 is 0 Å². The van der Waals surface area contributed by atoms with Crippen LogP contribution in [0.2, 0.25) is 0 Å². The Kier molecular flexibility index (Phi) is 6.05. The van der Waals surface area contributed by atoms with Crippen molar-refractivity contribution in [1.82, 2.24) is 0 Å². The summed E-state index contributed by atoms with van der Waals surface area (Å²) in [7, 11) is 0. The summed E-state index contributed by atoms with van der Waals surface area (Å²) in [5.41, 5.74) is 5.83. The molecule has 0 saturated carbocycles. The van der Waals surface area contributed by atoms with Crippen LogP contribution in [0.1, 0.15) is 10.4 Å². The molecule has 0 fully saturated rings.